The molecule has 0 N–H and O–H groups in total. The van der Waals surface area contributed by atoms with Crippen molar-refractivity contribution in [2.45, 2.75) is 19.3 Å². The van der Waals surface area contributed by atoms with Gasteiger partial charge in [0.2, 0.25) is 0 Å². The van der Waals surface area contributed by atoms with Crippen molar-refractivity contribution in [3.05, 3.63) is 217 Å². The van der Waals surface area contributed by atoms with Crippen LogP contribution in [0.3, 0.4) is 0 Å². The molecule has 12 rings (SSSR count). The van der Waals surface area contributed by atoms with Crippen molar-refractivity contribution < 1.29 is 0 Å². The van der Waals surface area contributed by atoms with Gasteiger partial charge >= 0.3 is 0 Å². The SMILES string of the molecule is CC1(C)c2ccccc2-c2cc3c4ccccc4n(-c4cc(-c5cccc(C#N)c5)cc(-c5cc(-c6cccc7ccccc67)nc(-c6cccc7ccccc67)c5)c4)c3cc21. The van der Waals surface area contributed by atoms with Crippen LogP contribution in [0.5, 0.6) is 0 Å². The maximum atomic E-state index is 10.0. The van der Waals surface area contributed by atoms with Crippen LogP contribution in [0.1, 0.15) is 30.5 Å². The number of rotatable bonds is 5. The number of benzene rings is 9. The molecule has 0 unspecified atom stereocenters. The van der Waals surface area contributed by atoms with Gasteiger partial charge < -0.3 is 4.57 Å². The lowest BCUT2D eigenvalue weighted by Gasteiger charge is -2.22. The summed E-state index contributed by atoms with van der Waals surface area (Å²) in [5, 5.41) is 17.1. The minimum absolute atomic E-state index is 0.154. The van der Waals surface area contributed by atoms with Gasteiger partial charge in [0.15, 0.2) is 0 Å². The van der Waals surface area contributed by atoms with E-state index in [1.165, 1.54) is 49.3 Å². The van der Waals surface area contributed by atoms with Gasteiger partial charge in [-0.3, -0.25) is 0 Å². The third-order valence-corrected chi connectivity index (χ3v) is 13.2. The molecule has 3 nitrogen and oxygen atoms in total. The summed E-state index contributed by atoms with van der Waals surface area (Å²) in [5.41, 5.74) is 17.3. The highest BCUT2D eigenvalue weighted by Gasteiger charge is 2.36. The fourth-order valence-electron chi connectivity index (χ4n) is 10.2. The fraction of sp³-hybridized carbons (Fsp3) is 0.0508. The Morgan fingerprint density at radius 1 is 0.419 bits per heavy atom. The highest BCUT2D eigenvalue weighted by Crippen LogP contribution is 2.51. The first-order chi connectivity index (χ1) is 30.4. The number of hydrogen-bond acceptors (Lipinski definition) is 2. The summed E-state index contributed by atoms with van der Waals surface area (Å²) in [6.45, 7) is 4.70. The molecular formula is C59H39N3. The van der Waals surface area contributed by atoms with E-state index in [-0.39, 0.29) is 5.41 Å². The third-order valence-electron chi connectivity index (χ3n) is 13.2. The average Bonchev–Trinajstić information content (AvgIpc) is 3.77. The largest absolute Gasteiger partial charge is 0.309 e. The molecule has 0 aliphatic heterocycles. The second kappa shape index (κ2) is 13.7. The summed E-state index contributed by atoms with van der Waals surface area (Å²) in [6.07, 6.45) is 0. The maximum Gasteiger partial charge on any atom is 0.0991 e. The van der Waals surface area contributed by atoms with Crippen LogP contribution in [-0.2, 0) is 5.41 Å². The molecule has 2 heterocycles. The molecule has 290 valence electrons. The van der Waals surface area contributed by atoms with Crippen LogP contribution in [0.4, 0.5) is 0 Å². The Labute approximate surface area is 360 Å². The van der Waals surface area contributed by atoms with E-state index < -0.39 is 0 Å². The molecular weight excluding hydrogens is 751 g/mol. The Morgan fingerprint density at radius 2 is 0.984 bits per heavy atom. The Hall–Kier alpha value is -8.06. The summed E-state index contributed by atoms with van der Waals surface area (Å²) >= 11 is 0. The van der Waals surface area contributed by atoms with Gasteiger partial charge in [-0.1, -0.05) is 153 Å². The summed E-state index contributed by atoms with van der Waals surface area (Å²) in [5.74, 6) is 0. The first-order valence-electron chi connectivity index (χ1n) is 21.3. The average molecular weight is 790 g/mol. The normalized spacial score (nSPS) is 12.8. The quantitative estimate of drug-likeness (QED) is 0.174. The minimum Gasteiger partial charge on any atom is -0.309 e. The smallest absolute Gasteiger partial charge is 0.0991 e. The van der Waals surface area contributed by atoms with E-state index in [4.69, 9.17) is 4.98 Å². The van der Waals surface area contributed by atoms with Crippen LogP contribution < -0.4 is 0 Å². The van der Waals surface area contributed by atoms with Gasteiger partial charge in [0.1, 0.15) is 0 Å². The molecule has 0 saturated carbocycles. The van der Waals surface area contributed by atoms with E-state index in [0.29, 0.717) is 5.56 Å². The van der Waals surface area contributed by atoms with Crippen molar-refractivity contribution >= 4 is 43.4 Å². The fourth-order valence-corrected chi connectivity index (χ4v) is 10.2. The number of nitrogens with zero attached hydrogens (tertiary/aromatic N) is 3. The molecule has 62 heavy (non-hydrogen) atoms. The molecule has 0 radical (unpaired) electrons. The molecule has 0 spiro atoms. The van der Waals surface area contributed by atoms with Crippen molar-refractivity contribution in [3.63, 3.8) is 0 Å². The lowest BCUT2D eigenvalue weighted by atomic mass is 9.82. The zero-order valence-corrected chi connectivity index (χ0v) is 34.4. The molecule has 0 amide bonds. The molecule has 11 aromatic rings. The number of fused-ring (bicyclic) bond motifs is 8. The van der Waals surface area contributed by atoms with E-state index in [9.17, 15) is 5.26 Å². The van der Waals surface area contributed by atoms with E-state index >= 15 is 0 Å². The number of hydrogen-bond donors (Lipinski definition) is 0. The lowest BCUT2D eigenvalue weighted by molar-refractivity contribution is 0.661. The van der Waals surface area contributed by atoms with Gasteiger partial charge in [-0.25, -0.2) is 4.98 Å². The zero-order valence-electron chi connectivity index (χ0n) is 34.4. The van der Waals surface area contributed by atoms with Crippen LogP contribution in [0, 0.1) is 11.3 Å². The van der Waals surface area contributed by atoms with Crippen molar-refractivity contribution in [1.29, 1.82) is 5.26 Å². The molecule has 3 heteroatoms. The number of pyridine rings is 1. The van der Waals surface area contributed by atoms with Crippen LogP contribution in [-0.4, -0.2) is 9.55 Å². The van der Waals surface area contributed by atoms with Crippen molar-refractivity contribution in [3.8, 4) is 67.7 Å². The standard InChI is InChI=1S/C59H39N3/c1-59(2)53-26-9-7-22-47(53)51-34-52-50-23-8-10-27-57(50)62(58(52)35-54(51)59)44-30-41(40-19-11-14-37(28-40)36-60)29-42(31-44)43-32-55(48-24-12-17-38-15-3-5-20-45(38)48)61-56(33-43)49-25-13-18-39-16-4-6-21-46(39)49/h3-35H,1-2H3. The Morgan fingerprint density at radius 3 is 1.69 bits per heavy atom. The van der Waals surface area contributed by atoms with Gasteiger partial charge in [-0.2, -0.15) is 5.26 Å². The van der Waals surface area contributed by atoms with E-state index in [0.717, 1.165) is 66.7 Å². The maximum absolute atomic E-state index is 10.0. The predicted octanol–water partition coefficient (Wildman–Crippen LogP) is 15.3. The lowest BCUT2D eigenvalue weighted by Crippen LogP contribution is -2.15. The van der Waals surface area contributed by atoms with Crippen molar-refractivity contribution in [2.24, 2.45) is 0 Å². The first kappa shape index (κ1) is 35.8. The van der Waals surface area contributed by atoms with Crippen LogP contribution in [0.25, 0.3) is 105 Å². The van der Waals surface area contributed by atoms with E-state index in [1.807, 2.05) is 18.2 Å². The van der Waals surface area contributed by atoms with Crippen LogP contribution >= 0.6 is 0 Å². The molecule has 9 aromatic carbocycles. The zero-order chi connectivity index (χ0) is 41.5. The first-order valence-corrected chi connectivity index (χ1v) is 21.3. The Balaban J connectivity index is 1.16. The monoisotopic (exact) mass is 789 g/mol. The van der Waals surface area contributed by atoms with Crippen LogP contribution in [0.15, 0.2) is 200 Å². The second-order valence-corrected chi connectivity index (χ2v) is 17.1. The van der Waals surface area contributed by atoms with Gasteiger partial charge in [-0.15, -0.1) is 0 Å². The molecule has 1 aliphatic rings. The van der Waals surface area contributed by atoms with Crippen molar-refractivity contribution in [1.82, 2.24) is 9.55 Å². The number of aromatic nitrogens is 2. The highest BCUT2D eigenvalue weighted by atomic mass is 15.0. The predicted molar refractivity (Wildman–Crippen MR) is 258 cm³/mol. The molecule has 0 saturated heterocycles. The van der Waals surface area contributed by atoms with E-state index in [2.05, 4.69) is 206 Å². The Bertz CT molecular complexity index is 3580. The third kappa shape index (κ3) is 5.54. The molecule has 0 atom stereocenters. The molecule has 0 bridgehead atoms. The number of para-hydroxylation sites is 1. The summed E-state index contributed by atoms with van der Waals surface area (Å²) in [4.78, 5) is 5.48. The van der Waals surface area contributed by atoms with Gasteiger partial charge in [-0.05, 0) is 127 Å². The van der Waals surface area contributed by atoms with Crippen LogP contribution in [0.2, 0.25) is 0 Å². The highest BCUT2D eigenvalue weighted by molar-refractivity contribution is 6.12. The van der Waals surface area contributed by atoms with E-state index in [1.54, 1.807) is 0 Å². The number of nitriles is 1. The molecule has 1 aliphatic carbocycles. The van der Waals surface area contributed by atoms with Gasteiger partial charge in [0.25, 0.3) is 0 Å². The van der Waals surface area contributed by atoms with Gasteiger partial charge in [0, 0.05) is 33.0 Å². The summed E-state index contributed by atoms with van der Waals surface area (Å²) < 4.78 is 2.45. The van der Waals surface area contributed by atoms with Gasteiger partial charge in [0.05, 0.1) is 34.1 Å². The molecule has 2 aromatic heterocycles. The Kier molecular flexibility index (Phi) is 7.95. The van der Waals surface area contributed by atoms with Crippen molar-refractivity contribution in [2.75, 3.05) is 0 Å². The summed E-state index contributed by atoms with van der Waals surface area (Å²) in [6, 6.07) is 74.3. The summed E-state index contributed by atoms with van der Waals surface area (Å²) in [7, 11) is 0. The topological polar surface area (TPSA) is 41.6 Å². The molecule has 0 fully saturated rings. The minimum atomic E-state index is -0.154. The second-order valence-electron chi connectivity index (χ2n) is 17.1.